The van der Waals surface area contributed by atoms with E-state index in [4.69, 9.17) is 5.11 Å². The topological polar surface area (TPSA) is 78.4 Å². The van der Waals surface area contributed by atoms with Crippen molar-refractivity contribution >= 4 is 33.6 Å². The van der Waals surface area contributed by atoms with Crippen LogP contribution in [0.3, 0.4) is 0 Å². The van der Waals surface area contributed by atoms with Crippen LogP contribution in [0.1, 0.15) is 19.4 Å². The van der Waals surface area contributed by atoms with Crippen molar-refractivity contribution in [1.29, 1.82) is 0 Å². The molecule has 0 saturated heterocycles. The molecule has 0 aliphatic carbocycles. The standard InChI is InChI=1S/C14H19BrN2O3/c1-8(2)10(13(18)19)7-16-14(20)17-12-6-4-5-11(15)9(12)3/h4-6,8,10H,7H2,1-3H3,(H,18,19)(H2,16,17,20). The SMILES string of the molecule is Cc1c(Br)cccc1NC(=O)NCC(C(=O)O)C(C)C. The lowest BCUT2D eigenvalue weighted by atomic mass is 9.96. The molecular formula is C14H19BrN2O3. The van der Waals surface area contributed by atoms with E-state index in [9.17, 15) is 9.59 Å². The summed E-state index contributed by atoms with van der Waals surface area (Å²) in [6.45, 7) is 5.62. The molecule has 1 aromatic rings. The van der Waals surface area contributed by atoms with Gasteiger partial charge in [-0.25, -0.2) is 4.79 Å². The molecule has 0 aromatic heterocycles. The second-order valence-electron chi connectivity index (χ2n) is 4.94. The molecule has 110 valence electrons. The number of amides is 2. The van der Waals surface area contributed by atoms with Crippen molar-refractivity contribution in [2.24, 2.45) is 11.8 Å². The molecule has 0 bridgehead atoms. The van der Waals surface area contributed by atoms with Gasteiger partial charge in [0, 0.05) is 16.7 Å². The van der Waals surface area contributed by atoms with Crippen LogP contribution in [-0.2, 0) is 4.79 Å². The van der Waals surface area contributed by atoms with Gasteiger partial charge in [-0.05, 0) is 30.5 Å². The number of carboxylic acids is 1. The minimum Gasteiger partial charge on any atom is -0.481 e. The molecular weight excluding hydrogens is 324 g/mol. The van der Waals surface area contributed by atoms with E-state index in [0.29, 0.717) is 5.69 Å². The predicted molar refractivity (Wildman–Crippen MR) is 81.9 cm³/mol. The van der Waals surface area contributed by atoms with Crippen LogP contribution in [0.2, 0.25) is 0 Å². The quantitative estimate of drug-likeness (QED) is 0.768. The third-order valence-electron chi connectivity index (χ3n) is 3.12. The summed E-state index contributed by atoms with van der Waals surface area (Å²) in [5.74, 6) is -1.54. The third-order valence-corrected chi connectivity index (χ3v) is 3.98. The maximum absolute atomic E-state index is 11.8. The molecule has 2 amide bonds. The van der Waals surface area contributed by atoms with E-state index in [0.717, 1.165) is 10.0 Å². The zero-order chi connectivity index (χ0) is 15.3. The molecule has 0 aliphatic rings. The highest BCUT2D eigenvalue weighted by molar-refractivity contribution is 9.10. The van der Waals surface area contributed by atoms with Crippen LogP contribution in [-0.4, -0.2) is 23.7 Å². The zero-order valence-corrected chi connectivity index (χ0v) is 13.3. The first-order valence-corrected chi connectivity index (χ1v) is 7.15. The van der Waals surface area contributed by atoms with E-state index in [1.807, 2.05) is 32.9 Å². The molecule has 20 heavy (non-hydrogen) atoms. The van der Waals surface area contributed by atoms with Crippen molar-refractivity contribution in [3.05, 3.63) is 28.2 Å². The average Bonchev–Trinajstić information content (AvgIpc) is 2.34. The van der Waals surface area contributed by atoms with Crippen LogP contribution >= 0.6 is 15.9 Å². The molecule has 1 rings (SSSR count). The Labute approximate surface area is 126 Å². The summed E-state index contributed by atoms with van der Waals surface area (Å²) in [7, 11) is 0. The summed E-state index contributed by atoms with van der Waals surface area (Å²) in [4.78, 5) is 22.8. The summed E-state index contributed by atoms with van der Waals surface area (Å²) >= 11 is 3.39. The first kappa shape index (κ1) is 16.5. The van der Waals surface area contributed by atoms with E-state index in [-0.39, 0.29) is 12.5 Å². The van der Waals surface area contributed by atoms with Crippen LogP contribution in [0, 0.1) is 18.8 Å². The van der Waals surface area contributed by atoms with Gasteiger partial charge in [0.05, 0.1) is 5.92 Å². The molecule has 5 nitrogen and oxygen atoms in total. The highest BCUT2D eigenvalue weighted by Crippen LogP contribution is 2.23. The van der Waals surface area contributed by atoms with E-state index < -0.39 is 17.9 Å². The molecule has 0 fully saturated rings. The molecule has 1 unspecified atom stereocenters. The van der Waals surface area contributed by atoms with Crippen LogP contribution < -0.4 is 10.6 Å². The fraction of sp³-hybridized carbons (Fsp3) is 0.429. The van der Waals surface area contributed by atoms with Gasteiger partial charge < -0.3 is 15.7 Å². The van der Waals surface area contributed by atoms with E-state index in [2.05, 4.69) is 26.6 Å². The maximum atomic E-state index is 11.8. The maximum Gasteiger partial charge on any atom is 0.319 e. The first-order valence-electron chi connectivity index (χ1n) is 6.35. The number of benzene rings is 1. The predicted octanol–water partition coefficient (Wildman–Crippen LogP) is 3.24. The smallest absolute Gasteiger partial charge is 0.319 e. The monoisotopic (exact) mass is 342 g/mol. The van der Waals surface area contributed by atoms with Gasteiger partial charge in [-0.1, -0.05) is 35.8 Å². The lowest BCUT2D eigenvalue weighted by Gasteiger charge is -2.17. The Kier molecular flexibility index (Phi) is 6.01. The molecule has 6 heteroatoms. The minimum atomic E-state index is -0.904. The summed E-state index contributed by atoms with van der Waals surface area (Å²) in [6, 6.07) is 5.09. The van der Waals surface area contributed by atoms with Gasteiger partial charge in [-0.15, -0.1) is 0 Å². The Hall–Kier alpha value is -1.56. The third kappa shape index (κ3) is 4.52. The number of carbonyl (C=O) groups is 2. The van der Waals surface area contributed by atoms with Gasteiger partial charge in [-0.2, -0.15) is 0 Å². The Morgan fingerprint density at radius 2 is 2.00 bits per heavy atom. The number of hydrogen-bond acceptors (Lipinski definition) is 2. The van der Waals surface area contributed by atoms with Crippen molar-refractivity contribution in [3.63, 3.8) is 0 Å². The summed E-state index contributed by atoms with van der Waals surface area (Å²) in [5.41, 5.74) is 1.61. The number of carboxylic acid groups (broad SMARTS) is 1. The van der Waals surface area contributed by atoms with Gasteiger partial charge in [0.1, 0.15) is 0 Å². The largest absolute Gasteiger partial charge is 0.481 e. The highest BCUT2D eigenvalue weighted by Gasteiger charge is 2.22. The van der Waals surface area contributed by atoms with E-state index >= 15 is 0 Å². The Balaban J connectivity index is 2.60. The van der Waals surface area contributed by atoms with Crippen LogP contribution in [0.5, 0.6) is 0 Å². The Bertz CT molecular complexity index is 503. The second kappa shape index (κ2) is 7.28. The molecule has 0 heterocycles. The fourth-order valence-electron chi connectivity index (χ4n) is 1.72. The fourth-order valence-corrected chi connectivity index (χ4v) is 2.09. The van der Waals surface area contributed by atoms with Gasteiger partial charge in [0.25, 0.3) is 0 Å². The number of carbonyl (C=O) groups excluding carboxylic acids is 1. The molecule has 0 aliphatic heterocycles. The first-order chi connectivity index (χ1) is 9.32. The van der Waals surface area contributed by atoms with Gasteiger partial charge in [0.15, 0.2) is 0 Å². The van der Waals surface area contributed by atoms with E-state index in [1.165, 1.54) is 0 Å². The number of rotatable bonds is 5. The highest BCUT2D eigenvalue weighted by atomic mass is 79.9. The normalized spacial score (nSPS) is 12.1. The minimum absolute atomic E-state index is 0.0413. The lowest BCUT2D eigenvalue weighted by molar-refractivity contribution is -0.142. The van der Waals surface area contributed by atoms with Crippen molar-refractivity contribution in [1.82, 2.24) is 5.32 Å². The molecule has 1 atom stereocenters. The van der Waals surface area contributed by atoms with Crippen LogP contribution in [0.4, 0.5) is 10.5 Å². The number of anilines is 1. The summed E-state index contributed by atoms with van der Waals surface area (Å²) < 4.78 is 0.904. The molecule has 3 N–H and O–H groups in total. The zero-order valence-electron chi connectivity index (χ0n) is 11.7. The molecule has 0 spiro atoms. The van der Waals surface area contributed by atoms with Crippen molar-refractivity contribution in [2.75, 3.05) is 11.9 Å². The van der Waals surface area contributed by atoms with Crippen molar-refractivity contribution < 1.29 is 14.7 Å². The molecule has 0 radical (unpaired) electrons. The number of nitrogens with one attached hydrogen (secondary N) is 2. The van der Waals surface area contributed by atoms with Crippen molar-refractivity contribution in [2.45, 2.75) is 20.8 Å². The van der Waals surface area contributed by atoms with E-state index in [1.54, 1.807) is 6.07 Å². The Morgan fingerprint density at radius 3 is 2.55 bits per heavy atom. The van der Waals surface area contributed by atoms with Crippen LogP contribution in [0.25, 0.3) is 0 Å². The number of halogens is 1. The molecule has 0 saturated carbocycles. The Morgan fingerprint density at radius 1 is 1.35 bits per heavy atom. The molecule has 1 aromatic carbocycles. The summed E-state index contributed by atoms with van der Waals surface area (Å²) in [5, 5.41) is 14.4. The number of urea groups is 1. The van der Waals surface area contributed by atoms with Gasteiger partial charge >= 0.3 is 12.0 Å². The lowest BCUT2D eigenvalue weighted by Crippen LogP contribution is -2.37. The number of hydrogen-bond donors (Lipinski definition) is 3. The average molecular weight is 343 g/mol. The van der Waals surface area contributed by atoms with Gasteiger partial charge in [0.2, 0.25) is 0 Å². The number of aliphatic carboxylic acids is 1. The summed E-state index contributed by atoms with van der Waals surface area (Å²) in [6.07, 6.45) is 0. The van der Waals surface area contributed by atoms with Gasteiger partial charge in [-0.3, -0.25) is 4.79 Å². The second-order valence-corrected chi connectivity index (χ2v) is 5.79. The van der Waals surface area contributed by atoms with Crippen molar-refractivity contribution in [3.8, 4) is 0 Å². The van der Waals surface area contributed by atoms with Crippen LogP contribution in [0.15, 0.2) is 22.7 Å².